The number of carbonyl (C=O) groups is 1. The van der Waals surface area contributed by atoms with Crippen LogP contribution in [0.15, 0.2) is 0 Å². The molecule has 0 amide bonds. The molecule has 0 aliphatic heterocycles. The molecule has 102 valence electrons. The zero-order valence-electron chi connectivity index (χ0n) is 10.4. The fraction of sp³-hybridized carbons (Fsp3) is 0.900. The average molecular weight is 272 g/mol. The smallest absolute Gasteiger partial charge is 0.317 e. The van der Waals surface area contributed by atoms with Crippen LogP contribution in [0.5, 0.6) is 0 Å². The first-order valence-corrected chi connectivity index (χ1v) is 6.64. The third-order valence-corrected chi connectivity index (χ3v) is 3.21. The maximum atomic E-state index is 13.6. The monoisotopic (exact) mass is 272 g/mol. The minimum Gasteiger partial charge on any atom is -0.326 e. The molecular weight excluding hydrogens is 253 g/mol. The van der Waals surface area contributed by atoms with Gasteiger partial charge in [0.2, 0.25) is 5.78 Å². The zero-order chi connectivity index (χ0) is 13.9. The van der Waals surface area contributed by atoms with Crippen LogP contribution < -0.4 is 0 Å². The summed E-state index contributed by atoms with van der Waals surface area (Å²) < 4.78 is 42.1. The molecular formula is C10H19F2O4P. The summed E-state index contributed by atoms with van der Waals surface area (Å²) in [4.78, 5) is 20.1. The number of ketones is 1. The van der Waals surface area contributed by atoms with Crippen LogP contribution in [-0.2, 0) is 13.9 Å². The van der Waals surface area contributed by atoms with Crippen molar-refractivity contribution in [1.82, 2.24) is 0 Å². The van der Waals surface area contributed by atoms with E-state index in [2.05, 4.69) is 4.52 Å². The van der Waals surface area contributed by atoms with E-state index >= 15 is 0 Å². The average Bonchev–Trinajstić information content (AvgIpc) is 2.13. The van der Waals surface area contributed by atoms with Gasteiger partial charge in [-0.25, -0.2) is 0 Å². The quantitative estimate of drug-likeness (QED) is 0.724. The van der Waals surface area contributed by atoms with Gasteiger partial charge in [-0.15, -0.1) is 0 Å². The van der Waals surface area contributed by atoms with Gasteiger partial charge in [0.25, 0.3) is 0 Å². The molecule has 0 bridgehead atoms. The van der Waals surface area contributed by atoms with Gasteiger partial charge < -0.3 is 4.89 Å². The van der Waals surface area contributed by atoms with Gasteiger partial charge in [0, 0.05) is 6.42 Å². The van der Waals surface area contributed by atoms with Crippen molar-refractivity contribution < 1.29 is 27.6 Å². The highest BCUT2D eigenvalue weighted by molar-refractivity contribution is 7.32. The third kappa shape index (κ3) is 5.23. The molecule has 0 aliphatic carbocycles. The minimum atomic E-state index is -3.55. The lowest BCUT2D eigenvalue weighted by molar-refractivity contribution is -0.160. The summed E-state index contributed by atoms with van der Waals surface area (Å²) in [5.74, 6) is -5.32. The molecule has 4 nitrogen and oxygen atoms in total. The van der Waals surface area contributed by atoms with Crippen molar-refractivity contribution >= 4 is 14.0 Å². The number of carbonyl (C=O) groups excluding carboxylic acids is 1. The number of hydrogen-bond acceptors (Lipinski definition) is 3. The normalized spacial score (nSPS) is 16.6. The van der Waals surface area contributed by atoms with Crippen molar-refractivity contribution in [2.24, 2.45) is 5.92 Å². The Morgan fingerprint density at radius 1 is 1.47 bits per heavy atom. The molecule has 0 heterocycles. The summed E-state index contributed by atoms with van der Waals surface area (Å²) in [7, 11) is -3.43. The Labute approximate surface area is 100 Å². The molecule has 0 saturated heterocycles. The number of Topliss-reactive ketones (excluding diaryl/α,β-unsaturated/α-hetero) is 1. The van der Waals surface area contributed by atoms with Gasteiger partial charge >= 0.3 is 14.2 Å². The predicted molar refractivity (Wildman–Crippen MR) is 60.4 cm³/mol. The van der Waals surface area contributed by atoms with Crippen LogP contribution in [-0.4, -0.2) is 22.2 Å². The van der Waals surface area contributed by atoms with Crippen LogP contribution in [0, 0.1) is 5.92 Å². The van der Waals surface area contributed by atoms with E-state index in [4.69, 9.17) is 4.89 Å². The van der Waals surface area contributed by atoms with Crippen molar-refractivity contribution in [3.63, 3.8) is 0 Å². The summed E-state index contributed by atoms with van der Waals surface area (Å²) in [5, 5.41) is 0. The molecule has 7 heteroatoms. The van der Waals surface area contributed by atoms with E-state index in [1.807, 2.05) is 0 Å². The van der Waals surface area contributed by atoms with E-state index < -0.39 is 32.0 Å². The SMILES string of the molecule is CC[C@H](C)CC(F)(F)C(=O)C(C)(C)O[PH](=O)O. The van der Waals surface area contributed by atoms with Crippen molar-refractivity contribution in [3.05, 3.63) is 0 Å². The zero-order valence-corrected chi connectivity index (χ0v) is 11.4. The minimum absolute atomic E-state index is 0.309. The highest BCUT2D eigenvalue weighted by Crippen LogP contribution is 2.35. The first-order valence-electron chi connectivity index (χ1n) is 5.37. The van der Waals surface area contributed by atoms with Crippen molar-refractivity contribution in [3.8, 4) is 0 Å². The second-order valence-electron chi connectivity index (χ2n) is 4.63. The Balaban J connectivity index is 4.82. The Morgan fingerprint density at radius 2 is 1.94 bits per heavy atom. The molecule has 0 spiro atoms. The van der Waals surface area contributed by atoms with Crippen molar-refractivity contribution in [1.29, 1.82) is 0 Å². The van der Waals surface area contributed by atoms with Gasteiger partial charge in [0.15, 0.2) is 0 Å². The molecule has 0 fully saturated rings. The summed E-state index contributed by atoms with van der Waals surface area (Å²) in [5.41, 5.74) is -1.96. The molecule has 17 heavy (non-hydrogen) atoms. The molecule has 1 unspecified atom stereocenters. The van der Waals surface area contributed by atoms with Crippen LogP contribution >= 0.6 is 8.25 Å². The maximum Gasteiger partial charge on any atom is 0.317 e. The van der Waals surface area contributed by atoms with E-state index in [0.717, 1.165) is 13.8 Å². The summed E-state index contributed by atoms with van der Waals surface area (Å²) in [6, 6.07) is 0. The van der Waals surface area contributed by atoms with Crippen LogP contribution in [0.1, 0.15) is 40.5 Å². The molecule has 0 radical (unpaired) electrons. The number of halogens is 2. The van der Waals surface area contributed by atoms with Gasteiger partial charge in [-0.05, 0) is 19.8 Å². The predicted octanol–water partition coefficient (Wildman–Crippen LogP) is 2.80. The van der Waals surface area contributed by atoms with Gasteiger partial charge in [-0.3, -0.25) is 13.9 Å². The van der Waals surface area contributed by atoms with Crippen molar-refractivity contribution in [2.45, 2.75) is 52.1 Å². The summed E-state index contributed by atoms with van der Waals surface area (Å²) in [6.07, 6.45) is -0.0533. The van der Waals surface area contributed by atoms with Crippen molar-refractivity contribution in [2.75, 3.05) is 0 Å². The largest absolute Gasteiger partial charge is 0.326 e. The first-order chi connectivity index (χ1) is 7.53. The molecule has 0 aromatic heterocycles. The Morgan fingerprint density at radius 3 is 2.29 bits per heavy atom. The van der Waals surface area contributed by atoms with Gasteiger partial charge in [0.1, 0.15) is 5.60 Å². The Bertz CT molecular complexity index is 305. The summed E-state index contributed by atoms with van der Waals surface area (Å²) in [6.45, 7) is 5.50. The standard InChI is InChI=1S/C10H19F2O4P/c1-5-7(2)6-10(11,12)8(13)9(3,4)16-17(14)15/h7,17H,5-6H2,1-4H3,(H,14,15)/t7-/m0/s1. The highest BCUT2D eigenvalue weighted by atomic mass is 31.1. The molecule has 0 aromatic rings. The topological polar surface area (TPSA) is 63.6 Å². The molecule has 0 rings (SSSR count). The number of rotatable bonds is 7. The molecule has 2 atom stereocenters. The van der Waals surface area contributed by atoms with Crippen LogP contribution in [0.2, 0.25) is 0 Å². The fourth-order valence-electron chi connectivity index (χ4n) is 1.38. The van der Waals surface area contributed by atoms with Gasteiger partial charge in [0.05, 0.1) is 0 Å². The van der Waals surface area contributed by atoms with Crippen LogP contribution in [0.25, 0.3) is 0 Å². The Kier molecular flexibility index (Phi) is 5.91. The Hall–Kier alpha value is -0.320. The second kappa shape index (κ2) is 6.03. The van der Waals surface area contributed by atoms with E-state index in [1.165, 1.54) is 0 Å². The first kappa shape index (κ1) is 16.7. The fourth-order valence-corrected chi connectivity index (χ4v) is 1.91. The van der Waals surface area contributed by atoms with Gasteiger partial charge in [-0.1, -0.05) is 20.3 Å². The molecule has 0 aromatic carbocycles. The van der Waals surface area contributed by atoms with E-state index in [9.17, 15) is 18.1 Å². The lowest BCUT2D eigenvalue weighted by Crippen LogP contribution is -2.46. The summed E-state index contributed by atoms with van der Waals surface area (Å²) >= 11 is 0. The molecule has 0 aliphatic rings. The maximum absolute atomic E-state index is 13.6. The third-order valence-electron chi connectivity index (χ3n) is 2.52. The van der Waals surface area contributed by atoms with E-state index in [0.29, 0.717) is 6.42 Å². The highest BCUT2D eigenvalue weighted by Gasteiger charge is 2.48. The van der Waals surface area contributed by atoms with E-state index in [-0.39, 0.29) is 5.92 Å². The molecule has 0 saturated carbocycles. The number of alkyl halides is 2. The van der Waals surface area contributed by atoms with Gasteiger partial charge in [-0.2, -0.15) is 8.78 Å². The number of hydrogen-bond donors (Lipinski definition) is 1. The lowest BCUT2D eigenvalue weighted by Gasteiger charge is -2.28. The van der Waals surface area contributed by atoms with E-state index in [1.54, 1.807) is 13.8 Å². The van der Waals surface area contributed by atoms with Crippen LogP contribution in [0.4, 0.5) is 8.78 Å². The molecule has 1 N–H and O–H groups in total. The van der Waals surface area contributed by atoms with Crippen LogP contribution in [0.3, 0.4) is 0 Å². The lowest BCUT2D eigenvalue weighted by atomic mass is 9.91. The second-order valence-corrected chi connectivity index (χ2v) is 5.37.